The van der Waals surface area contributed by atoms with Crippen LogP contribution in [0.4, 0.5) is 26.0 Å². The quantitative estimate of drug-likeness (QED) is 0.212. The summed E-state index contributed by atoms with van der Waals surface area (Å²) in [6.45, 7) is 5.51. The second-order valence-electron chi connectivity index (χ2n) is 16.9. The molecule has 3 aromatic carbocycles. The lowest BCUT2D eigenvalue weighted by molar-refractivity contribution is -0.144. The summed E-state index contributed by atoms with van der Waals surface area (Å²) in [5.41, 5.74) is 9.18. The van der Waals surface area contributed by atoms with Crippen molar-refractivity contribution in [2.75, 3.05) is 54.8 Å². The molecule has 5 fully saturated rings. The SMILES string of the molecule is Nc1ncnc2c1c(-c1ccc(Oc3ccccc3)cc1)nn2C1CC2CN(C3CN(C4CN(c5ccc6c(c5)C(F)(F)C(=O)N6C5CCC(=O)NC5=O)C4)C3)CC2C1. The number of nitrogens with two attached hydrogens (primary N) is 1. The maximum atomic E-state index is 15.3. The van der Waals surface area contributed by atoms with Crippen molar-refractivity contribution in [3.63, 3.8) is 0 Å². The van der Waals surface area contributed by atoms with E-state index in [1.54, 1.807) is 6.07 Å². The number of hydrogen-bond acceptors (Lipinski definition) is 11. The van der Waals surface area contributed by atoms with Gasteiger partial charge in [0.1, 0.15) is 35.4 Å². The molecule has 1 aliphatic carbocycles. The van der Waals surface area contributed by atoms with Crippen molar-refractivity contribution in [1.29, 1.82) is 0 Å². The van der Waals surface area contributed by atoms with E-state index in [1.807, 2.05) is 54.6 Å². The standard InChI is InChI=1S/C43H42F2N10O4/c44-43(45)33-16-27(8-11-34(33)54(42(43)58)35-12-13-36(56)49-41(35)57)52-19-30(20-52)53-21-29(22-53)51-17-25-14-28(15-26(25)18-51)55-40-37(39(46)47-23-48-40)38(50-55)24-6-9-32(10-7-24)59-31-4-2-1-3-5-31/h1-11,16,23,25-26,28-30,35H,12-15,17-22H2,(H2,46,47,48)(H,49,56,57). The number of anilines is 3. The van der Waals surface area contributed by atoms with Gasteiger partial charge in [0.05, 0.1) is 22.7 Å². The number of carbonyl (C=O) groups excluding carboxylic acids is 3. The maximum Gasteiger partial charge on any atom is 0.352 e. The molecule has 3 atom stereocenters. The predicted octanol–water partition coefficient (Wildman–Crippen LogP) is 4.57. The Morgan fingerprint density at radius 3 is 2.22 bits per heavy atom. The molecule has 302 valence electrons. The van der Waals surface area contributed by atoms with Crippen molar-refractivity contribution in [2.24, 2.45) is 11.8 Å². The molecule has 5 aliphatic heterocycles. The fourth-order valence-electron chi connectivity index (χ4n) is 10.3. The van der Waals surface area contributed by atoms with Gasteiger partial charge in [0, 0.05) is 69.0 Å². The molecule has 4 saturated heterocycles. The van der Waals surface area contributed by atoms with E-state index in [2.05, 4.69) is 34.7 Å². The van der Waals surface area contributed by atoms with E-state index in [9.17, 15) is 14.4 Å². The average Bonchev–Trinajstić information content (AvgIpc) is 3.93. The number of hydrogen-bond donors (Lipinski definition) is 2. The first-order valence-electron chi connectivity index (χ1n) is 20.3. The molecule has 0 spiro atoms. The molecule has 5 aromatic rings. The summed E-state index contributed by atoms with van der Waals surface area (Å²) < 4.78 is 38.7. The number of fused-ring (bicyclic) bond motifs is 3. The van der Waals surface area contributed by atoms with Crippen LogP contribution in [-0.2, 0) is 20.3 Å². The van der Waals surface area contributed by atoms with Gasteiger partial charge in [-0.2, -0.15) is 13.9 Å². The Morgan fingerprint density at radius 1 is 0.797 bits per heavy atom. The molecule has 59 heavy (non-hydrogen) atoms. The number of nitrogens with zero attached hydrogens (tertiary/aromatic N) is 8. The first-order chi connectivity index (χ1) is 28.6. The first-order valence-corrected chi connectivity index (χ1v) is 20.3. The molecule has 2 aromatic heterocycles. The number of nitrogens with one attached hydrogen (secondary N) is 1. The second-order valence-corrected chi connectivity index (χ2v) is 16.9. The Labute approximate surface area is 337 Å². The number of piperidine rings is 1. The Bertz CT molecular complexity index is 2490. The van der Waals surface area contributed by atoms with Gasteiger partial charge in [0.15, 0.2) is 5.65 Å². The third-order valence-corrected chi connectivity index (χ3v) is 13.5. The number of benzene rings is 3. The number of carbonyl (C=O) groups is 3. The van der Waals surface area contributed by atoms with Gasteiger partial charge in [0.25, 0.3) is 0 Å². The molecule has 11 rings (SSSR count). The largest absolute Gasteiger partial charge is 0.457 e. The van der Waals surface area contributed by atoms with Crippen LogP contribution in [0.2, 0.25) is 0 Å². The van der Waals surface area contributed by atoms with Crippen molar-refractivity contribution < 1.29 is 27.9 Å². The zero-order chi connectivity index (χ0) is 40.2. The molecule has 6 aliphatic rings. The zero-order valence-corrected chi connectivity index (χ0v) is 32.1. The number of amides is 3. The summed E-state index contributed by atoms with van der Waals surface area (Å²) in [6.07, 6.45) is 3.57. The first kappa shape index (κ1) is 36.1. The van der Waals surface area contributed by atoms with Gasteiger partial charge >= 0.3 is 11.8 Å². The van der Waals surface area contributed by atoms with Gasteiger partial charge in [-0.05, 0) is 85.7 Å². The van der Waals surface area contributed by atoms with Crippen LogP contribution in [0.1, 0.15) is 37.3 Å². The lowest BCUT2D eigenvalue weighted by Gasteiger charge is -2.54. The molecular formula is C43H42F2N10O4. The summed E-state index contributed by atoms with van der Waals surface area (Å²) in [6, 6.07) is 22.1. The molecule has 14 nitrogen and oxygen atoms in total. The van der Waals surface area contributed by atoms with Gasteiger partial charge in [-0.1, -0.05) is 18.2 Å². The third-order valence-electron chi connectivity index (χ3n) is 13.5. The van der Waals surface area contributed by atoms with Gasteiger partial charge in [-0.3, -0.25) is 34.4 Å². The van der Waals surface area contributed by atoms with Crippen LogP contribution in [0.15, 0.2) is 79.1 Å². The Balaban J connectivity index is 0.702. The maximum absolute atomic E-state index is 15.3. The van der Waals surface area contributed by atoms with Crippen LogP contribution in [0.5, 0.6) is 11.5 Å². The number of imide groups is 1. The van der Waals surface area contributed by atoms with Crippen LogP contribution in [-0.4, -0.2) is 105 Å². The number of halogens is 2. The lowest BCUT2D eigenvalue weighted by Crippen LogP contribution is -2.69. The number of para-hydroxylation sites is 1. The molecule has 7 heterocycles. The highest BCUT2D eigenvalue weighted by molar-refractivity contribution is 6.12. The molecular weight excluding hydrogens is 759 g/mol. The van der Waals surface area contributed by atoms with E-state index in [0.29, 0.717) is 48.5 Å². The average molecular weight is 801 g/mol. The highest BCUT2D eigenvalue weighted by Gasteiger charge is 2.57. The number of aromatic nitrogens is 4. The highest BCUT2D eigenvalue weighted by atomic mass is 19.3. The number of rotatable bonds is 8. The van der Waals surface area contributed by atoms with E-state index in [1.165, 1.54) is 18.5 Å². The van der Waals surface area contributed by atoms with Crippen molar-refractivity contribution >= 4 is 45.9 Å². The smallest absolute Gasteiger partial charge is 0.352 e. The van der Waals surface area contributed by atoms with Gasteiger partial charge in [-0.25, -0.2) is 14.6 Å². The molecule has 16 heteroatoms. The monoisotopic (exact) mass is 800 g/mol. The van der Waals surface area contributed by atoms with E-state index < -0.39 is 35.2 Å². The fraction of sp³-hybridized carbons (Fsp3) is 0.395. The Kier molecular flexibility index (Phi) is 8.28. The number of nitrogen functional groups attached to an aromatic ring is 1. The van der Waals surface area contributed by atoms with E-state index >= 15 is 8.78 Å². The molecule has 0 radical (unpaired) electrons. The molecule has 0 bridgehead atoms. The number of ether oxygens (including phenoxy) is 1. The minimum atomic E-state index is -3.75. The normalized spacial score (nSPS) is 25.9. The van der Waals surface area contributed by atoms with Gasteiger partial charge in [-0.15, -0.1) is 0 Å². The predicted molar refractivity (Wildman–Crippen MR) is 214 cm³/mol. The Morgan fingerprint density at radius 2 is 1.49 bits per heavy atom. The van der Waals surface area contributed by atoms with E-state index in [4.69, 9.17) is 15.6 Å². The van der Waals surface area contributed by atoms with Crippen LogP contribution in [0.3, 0.4) is 0 Å². The third kappa shape index (κ3) is 5.93. The van der Waals surface area contributed by atoms with Crippen molar-refractivity contribution in [3.05, 3.63) is 84.7 Å². The van der Waals surface area contributed by atoms with E-state index in [-0.39, 0.29) is 24.6 Å². The number of likely N-dealkylation sites (tertiary alicyclic amines) is 2. The Hall–Kier alpha value is -6.00. The molecule has 3 N–H and O–H groups in total. The summed E-state index contributed by atoms with van der Waals surface area (Å²) in [5, 5.41) is 8.08. The van der Waals surface area contributed by atoms with Crippen LogP contribution in [0.25, 0.3) is 22.3 Å². The van der Waals surface area contributed by atoms with Crippen LogP contribution < -0.4 is 25.6 Å². The van der Waals surface area contributed by atoms with E-state index in [0.717, 1.165) is 77.7 Å². The zero-order valence-electron chi connectivity index (χ0n) is 32.1. The topological polar surface area (TPSA) is 155 Å². The second kappa shape index (κ2) is 13.5. The van der Waals surface area contributed by atoms with Crippen molar-refractivity contribution in [3.8, 4) is 22.8 Å². The minimum Gasteiger partial charge on any atom is -0.457 e. The van der Waals surface area contributed by atoms with Crippen molar-refractivity contribution in [1.82, 2.24) is 34.9 Å². The fourth-order valence-corrected chi connectivity index (χ4v) is 10.3. The summed E-state index contributed by atoms with van der Waals surface area (Å²) >= 11 is 0. The van der Waals surface area contributed by atoms with Gasteiger partial charge in [0.2, 0.25) is 11.8 Å². The molecule has 3 amide bonds. The lowest BCUT2D eigenvalue weighted by atomic mass is 9.97. The van der Waals surface area contributed by atoms with Crippen molar-refractivity contribution in [2.45, 2.75) is 55.8 Å². The van der Waals surface area contributed by atoms with Crippen LogP contribution >= 0.6 is 0 Å². The summed E-state index contributed by atoms with van der Waals surface area (Å²) in [5.74, 6) is -3.31. The number of alkyl halides is 2. The van der Waals surface area contributed by atoms with Crippen LogP contribution in [0, 0.1) is 11.8 Å². The summed E-state index contributed by atoms with van der Waals surface area (Å²) in [4.78, 5) is 54.0. The minimum absolute atomic E-state index is 0.00776. The highest BCUT2D eigenvalue weighted by Crippen LogP contribution is 2.49. The van der Waals surface area contributed by atoms with Gasteiger partial charge < -0.3 is 15.4 Å². The molecule has 3 unspecified atom stereocenters. The molecule has 1 saturated carbocycles. The summed E-state index contributed by atoms with van der Waals surface area (Å²) in [7, 11) is 0.